The second-order valence-corrected chi connectivity index (χ2v) is 10.9. The number of pyridine rings is 1. The molecule has 2 heterocycles. The molecule has 0 saturated heterocycles. The summed E-state index contributed by atoms with van der Waals surface area (Å²) < 4.78 is 20.3. The summed E-state index contributed by atoms with van der Waals surface area (Å²) in [5.74, 6) is -1.75. The van der Waals surface area contributed by atoms with Gasteiger partial charge in [-0.15, -0.1) is 0 Å². The SMILES string of the molecule is COc1ccc2c(n1)CCN(C(=O)[C@@H]1C[C@H]1CC(=O)O)[C@H]2C(=O)Cc1cc(F)c2c(c1)CCC2(C)C. The third-order valence-electron chi connectivity index (χ3n) is 7.96. The number of aromatic nitrogens is 1. The van der Waals surface area contributed by atoms with E-state index in [1.165, 1.54) is 13.2 Å². The average Bonchev–Trinajstić information content (AvgIpc) is 3.51. The van der Waals surface area contributed by atoms with E-state index in [0.29, 0.717) is 42.1 Å². The maximum absolute atomic E-state index is 15.1. The van der Waals surface area contributed by atoms with Gasteiger partial charge in [0.2, 0.25) is 11.8 Å². The predicted molar refractivity (Wildman–Crippen MR) is 129 cm³/mol. The number of hydrogen-bond acceptors (Lipinski definition) is 5. The molecule has 0 unspecified atom stereocenters. The Hall–Kier alpha value is -3.29. The first-order chi connectivity index (χ1) is 17.1. The molecule has 1 N–H and O–H groups in total. The number of amides is 1. The number of halogens is 1. The van der Waals surface area contributed by atoms with Gasteiger partial charge in [0.15, 0.2) is 5.78 Å². The minimum atomic E-state index is -0.926. The number of aliphatic carboxylic acids is 1. The number of carbonyl (C=O) groups excluding carboxylic acids is 2. The number of ketones is 1. The maximum atomic E-state index is 15.1. The molecule has 1 aliphatic heterocycles. The average molecular weight is 495 g/mol. The molecule has 0 spiro atoms. The van der Waals surface area contributed by atoms with E-state index in [-0.39, 0.29) is 47.6 Å². The van der Waals surface area contributed by atoms with Crippen LogP contribution in [0.15, 0.2) is 24.3 Å². The smallest absolute Gasteiger partial charge is 0.303 e. The predicted octanol–water partition coefficient (Wildman–Crippen LogP) is 3.80. The monoisotopic (exact) mass is 494 g/mol. The van der Waals surface area contributed by atoms with E-state index in [4.69, 9.17) is 9.84 Å². The van der Waals surface area contributed by atoms with Gasteiger partial charge in [-0.05, 0) is 59.4 Å². The van der Waals surface area contributed by atoms with Crippen molar-refractivity contribution < 1.29 is 28.6 Å². The van der Waals surface area contributed by atoms with Crippen LogP contribution in [0.4, 0.5) is 4.39 Å². The minimum absolute atomic E-state index is 0.00618. The molecule has 1 fully saturated rings. The van der Waals surface area contributed by atoms with Gasteiger partial charge in [0, 0.05) is 43.4 Å². The summed E-state index contributed by atoms with van der Waals surface area (Å²) in [7, 11) is 1.52. The van der Waals surface area contributed by atoms with Crippen LogP contribution < -0.4 is 4.74 Å². The number of carboxylic acid groups (broad SMARTS) is 1. The topological polar surface area (TPSA) is 96.8 Å². The van der Waals surface area contributed by atoms with Crippen molar-refractivity contribution in [2.24, 2.45) is 11.8 Å². The van der Waals surface area contributed by atoms with Crippen LogP contribution in [0.1, 0.15) is 67.1 Å². The minimum Gasteiger partial charge on any atom is -0.481 e. The molecule has 1 saturated carbocycles. The van der Waals surface area contributed by atoms with Crippen LogP contribution >= 0.6 is 0 Å². The summed E-state index contributed by atoms with van der Waals surface area (Å²) in [5, 5.41) is 9.11. The van der Waals surface area contributed by atoms with Crippen molar-refractivity contribution in [3.05, 3.63) is 58.0 Å². The molecular formula is C28H31FN2O5. The van der Waals surface area contributed by atoms with E-state index < -0.39 is 12.0 Å². The van der Waals surface area contributed by atoms with Gasteiger partial charge < -0.3 is 14.7 Å². The lowest BCUT2D eigenvalue weighted by Gasteiger charge is -2.36. The van der Waals surface area contributed by atoms with Gasteiger partial charge in [0.25, 0.3) is 0 Å². The molecule has 190 valence electrons. The highest BCUT2D eigenvalue weighted by Gasteiger charge is 2.49. The number of carboxylic acids is 1. The fourth-order valence-corrected chi connectivity index (χ4v) is 6.03. The molecule has 36 heavy (non-hydrogen) atoms. The fraction of sp³-hybridized carbons (Fsp3) is 0.500. The van der Waals surface area contributed by atoms with E-state index in [1.807, 2.05) is 19.9 Å². The first kappa shape index (κ1) is 24.4. The molecule has 2 aromatic rings. The second kappa shape index (κ2) is 8.98. The zero-order chi connectivity index (χ0) is 25.8. The molecule has 3 aliphatic rings. The molecular weight excluding hydrogens is 463 g/mol. The Balaban J connectivity index is 1.45. The summed E-state index contributed by atoms with van der Waals surface area (Å²) in [6.07, 6.45) is 2.57. The highest BCUT2D eigenvalue weighted by atomic mass is 19.1. The van der Waals surface area contributed by atoms with Crippen LogP contribution in [0.3, 0.4) is 0 Å². The maximum Gasteiger partial charge on any atom is 0.303 e. The number of Topliss-reactive ketones (excluding diaryl/α,β-unsaturated/α-hetero) is 1. The Morgan fingerprint density at radius 2 is 2.00 bits per heavy atom. The van der Waals surface area contributed by atoms with Crippen LogP contribution in [-0.2, 0) is 39.1 Å². The van der Waals surface area contributed by atoms with Crippen LogP contribution in [0.25, 0.3) is 0 Å². The molecule has 5 rings (SSSR count). The Kier molecular flexibility index (Phi) is 6.09. The normalized spacial score (nSPS) is 23.6. The Labute approximate surface area is 209 Å². The van der Waals surface area contributed by atoms with E-state index in [1.54, 1.807) is 17.0 Å². The third-order valence-corrected chi connectivity index (χ3v) is 7.96. The van der Waals surface area contributed by atoms with Crippen molar-refractivity contribution in [3.8, 4) is 5.88 Å². The molecule has 8 heteroatoms. The number of methoxy groups -OCH3 is 1. The van der Waals surface area contributed by atoms with E-state index in [9.17, 15) is 14.4 Å². The van der Waals surface area contributed by atoms with Gasteiger partial charge in [-0.1, -0.05) is 19.9 Å². The number of fused-ring (bicyclic) bond motifs is 2. The van der Waals surface area contributed by atoms with Gasteiger partial charge in [-0.25, -0.2) is 9.37 Å². The molecule has 7 nitrogen and oxygen atoms in total. The molecule has 0 radical (unpaired) electrons. The van der Waals surface area contributed by atoms with Gasteiger partial charge in [-0.2, -0.15) is 0 Å². The number of carbonyl (C=O) groups is 3. The molecule has 1 amide bonds. The van der Waals surface area contributed by atoms with Crippen molar-refractivity contribution in [1.29, 1.82) is 0 Å². The number of benzene rings is 1. The van der Waals surface area contributed by atoms with Gasteiger partial charge in [-0.3, -0.25) is 14.4 Å². The summed E-state index contributed by atoms with van der Waals surface area (Å²) in [6, 6.07) is 5.98. The first-order valence-electron chi connectivity index (χ1n) is 12.5. The van der Waals surface area contributed by atoms with Gasteiger partial charge in [0.1, 0.15) is 11.9 Å². The molecule has 1 aromatic carbocycles. The summed E-state index contributed by atoms with van der Waals surface area (Å²) in [5.41, 5.74) is 3.41. The standard InChI is InChI=1S/C28H31FN2O5/c1-28(2)8-6-16-10-15(11-20(29)25(16)28)12-22(32)26-18-4-5-23(36-3)30-21(18)7-9-31(26)27(35)19-13-17(19)14-24(33)34/h4-5,10-11,17,19,26H,6-9,12-14H2,1-3H3,(H,33,34)/t17-,19+,26+/m0/s1. The lowest BCUT2D eigenvalue weighted by atomic mass is 9.85. The fourth-order valence-electron chi connectivity index (χ4n) is 6.03. The van der Waals surface area contributed by atoms with Gasteiger partial charge in [0.05, 0.1) is 12.8 Å². The highest BCUT2D eigenvalue weighted by Crippen LogP contribution is 2.45. The van der Waals surface area contributed by atoms with Crippen LogP contribution in [0, 0.1) is 17.7 Å². The van der Waals surface area contributed by atoms with Gasteiger partial charge >= 0.3 is 5.97 Å². The van der Waals surface area contributed by atoms with Crippen LogP contribution in [0.2, 0.25) is 0 Å². The molecule has 1 aromatic heterocycles. The first-order valence-corrected chi connectivity index (χ1v) is 12.5. The molecule has 2 aliphatic carbocycles. The quantitative estimate of drug-likeness (QED) is 0.629. The summed E-state index contributed by atoms with van der Waals surface area (Å²) in [4.78, 5) is 44.4. The third kappa shape index (κ3) is 4.38. The number of hydrogen-bond donors (Lipinski definition) is 1. The number of aryl methyl sites for hydroxylation is 1. The number of nitrogens with zero attached hydrogens (tertiary/aromatic N) is 2. The van der Waals surface area contributed by atoms with Crippen LogP contribution in [-0.4, -0.2) is 46.3 Å². The highest BCUT2D eigenvalue weighted by molar-refractivity contribution is 5.93. The van der Waals surface area contributed by atoms with Crippen molar-refractivity contribution in [3.63, 3.8) is 0 Å². The number of ether oxygens (including phenoxy) is 1. The van der Waals surface area contributed by atoms with Crippen molar-refractivity contribution in [2.45, 2.75) is 63.8 Å². The Morgan fingerprint density at radius 3 is 2.72 bits per heavy atom. The van der Waals surface area contributed by atoms with E-state index >= 15 is 4.39 Å². The lowest BCUT2D eigenvalue weighted by Crippen LogP contribution is -2.45. The Bertz CT molecular complexity index is 1260. The summed E-state index contributed by atoms with van der Waals surface area (Å²) in [6.45, 7) is 4.38. The number of rotatable bonds is 7. The molecule has 0 bridgehead atoms. The summed E-state index contributed by atoms with van der Waals surface area (Å²) >= 11 is 0. The zero-order valence-electron chi connectivity index (χ0n) is 20.8. The Morgan fingerprint density at radius 1 is 1.22 bits per heavy atom. The van der Waals surface area contributed by atoms with Crippen LogP contribution in [0.5, 0.6) is 5.88 Å². The lowest BCUT2D eigenvalue weighted by molar-refractivity contribution is -0.142. The van der Waals surface area contributed by atoms with E-state index in [0.717, 1.165) is 24.0 Å². The van der Waals surface area contributed by atoms with Crippen molar-refractivity contribution in [1.82, 2.24) is 9.88 Å². The largest absolute Gasteiger partial charge is 0.481 e. The van der Waals surface area contributed by atoms with E-state index in [2.05, 4.69) is 4.98 Å². The molecule has 3 atom stereocenters. The van der Waals surface area contributed by atoms with Crippen molar-refractivity contribution in [2.75, 3.05) is 13.7 Å². The van der Waals surface area contributed by atoms with Crippen molar-refractivity contribution >= 4 is 17.7 Å². The zero-order valence-corrected chi connectivity index (χ0v) is 20.8. The second-order valence-electron chi connectivity index (χ2n) is 10.9.